The minimum atomic E-state index is -0.504. The third-order valence-electron chi connectivity index (χ3n) is 4.58. The van der Waals surface area contributed by atoms with Gasteiger partial charge in [0.25, 0.3) is 5.91 Å². The number of carbonyl (C=O) groups excluding carboxylic acids is 1. The summed E-state index contributed by atoms with van der Waals surface area (Å²) in [6, 6.07) is 7.70. The number of ether oxygens (including phenoxy) is 1. The van der Waals surface area contributed by atoms with Crippen LogP contribution in [0.3, 0.4) is 0 Å². The number of carbonyl (C=O) groups is 1. The fourth-order valence-electron chi connectivity index (χ4n) is 3.15. The number of aromatic nitrogens is 4. The van der Waals surface area contributed by atoms with Gasteiger partial charge in [-0.3, -0.25) is 4.79 Å². The molecule has 1 aliphatic rings. The Kier molecular flexibility index (Phi) is 5.08. The Bertz CT molecular complexity index is 650. The normalized spacial score (nSPS) is 16.6. The summed E-state index contributed by atoms with van der Waals surface area (Å²) >= 11 is 0. The summed E-state index contributed by atoms with van der Waals surface area (Å²) in [5.41, 5.74) is 0.839. The quantitative estimate of drug-likeness (QED) is 0.841. The molecule has 24 heavy (non-hydrogen) atoms. The molecule has 7 heteroatoms. The van der Waals surface area contributed by atoms with Crippen molar-refractivity contribution in [1.82, 2.24) is 25.1 Å². The van der Waals surface area contributed by atoms with Crippen LogP contribution in [-0.4, -0.2) is 50.2 Å². The Morgan fingerprint density at radius 3 is 2.58 bits per heavy atom. The highest BCUT2D eigenvalue weighted by molar-refractivity contribution is 5.81. The van der Waals surface area contributed by atoms with Gasteiger partial charge in [-0.2, -0.15) is 0 Å². The maximum Gasteiger partial charge on any atom is 0.263 e. The van der Waals surface area contributed by atoms with E-state index in [1.165, 1.54) is 25.6 Å². The highest BCUT2D eigenvalue weighted by atomic mass is 16.5. The van der Waals surface area contributed by atoms with Crippen molar-refractivity contribution in [3.05, 3.63) is 30.6 Å². The third kappa shape index (κ3) is 3.72. The van der Waals surface area contributed by atoms with Gasteiger partial charge in [0.2, 0.25) is 0 Å². The summed E-state index contributed by atoms with van der Waals surface area (Å²) in [4.78, 5) is 14.4. The van der Waals surface area contributed by atoms with Gasteiger partial charge in [0.15, 0.2) is 6.10 Å². The average molecular weight is 329 g/mol. The Morgan fingerprint density at radius 1 is 1.25 bits per heavy atom. The van der Waals surface area contributed by atoms with Crippen molar-refractivity contribution < 1.29 is 9.53 Å². The lowest BCUT2D eigenvalue weighted by atomic mass is 9.94. The van der Waals surface area contributed by atoms with Gasteiger partial charge >= 0.3 is 0 Å². The van der Waals surface area contributed by atoms with E-state index in [0.29, 0.717) is 11.8 Å². The number of hydrogen-bond acceptors (Lipinski definition) is 5. The molecule has 1 atom stereocenters. The standard InChI is InChI=1S/C17H23N5O2/c1-13(17(23)21(2)14-6-4-3-5-7-14)24-16-10-8-15(9-11-16)22-12-18-19-20-22/h8-14H,3-7H2,1-2H3/t13-/m1/s1. The van der Waals surface area contributed by atoms with Crippen LogP contribution < -0.4 is 4.74 Å². The van der Waals surface area contributed by atoms with Crippen LogP contribution >= 0.6 is 0 Å². The molecule has 1 fully saturated rings. The van der Waals surface area contributed by atoms with Crippen LogP contribution in [0, 0.1) is 0 Å². The van der Waals surface area contributed by atoms with Gasteiger partial charge in [-0.25, -0.2) is 4.68 Å². The van der Waals surface area contributed by atoms with E-state index in [2.05, 4.69) is 15.5 Å². The molecule has 1 aromatic heterocycles. The van der Waals surface area contributed by atoms with Crippen LogP contribution in [0.2, 0.25) is 0 Å². The number of tetrazole rings is 1. The zero-order valence-electron chi connectivity index (χ0n) is 14.1. The van der Waals surface area contributed by atoms with Gasteiger partial charge < -0.3 is 9.64 Å². The first-order chi connectivity index (χ1) is 11.6. The molecule has 0 aliphatic heterocycles. The molecule has 3 rings (SSSR count). The Balaban J connectivity index is 1.59. The fraction of sp³-hybridized carbons (Fsp3) is 0.529. The summed E-state index contributed by atoms with van der Waals surface area (Å²) in [7, 11) is 1.89. The summed E-state index contributed by atoms with van der Waals surface area (Å²) in [5, 5.41) is 11.0. The van der Waals surface area contributed by atoms with Gasteiger partial charge in [0.1, 0.15) is 12.1 Å². The highest BCUT2D eigenvalue weighted by Gasteiger charge is 2.26. The summed E-state index contributed by atoms with van der Waals surface area (Å²) in [6.07, 6.45) is 6.90. The van der Waals surface area contributed by atoms with Crippen molar-refractivity contribution in [1.29, 1.82) is 0 Å². The van der Waals surface area contributed by atoms with Crippen molar-refractivity contribution in [2.75, 3.05) is 7.05 Å². The second-order valence-corrected chi connectivity index (χ2v) is 6.25. The van der Waals surface area contributed by atoms with Gasteiger partial charge in [0.05, 0.1) is 5.69 Å². The molecule has 0 radical (unpaired) electrons. The summed E-state index contributed by atoms with van der Waals surface area (Å²) in [6.45, 7) is 1.80. The molecule has 0 unspecified atom stereocenters. The van der Waals surface area contributed by atoms with Crippen LogP contribution in [-0.2, 0) is 4.79 Å². The molecule has 1 aliphatic carbocycles. The fourth-order valence-corrected chi connectivity index (χ4v) is 3.15. The highest BCUT2D eigenvalue weighted by Crippen LogP contribution is 2.23. The first kappa shape index (κ1) is 16.4. The van der Waals surface area contributed by atoms with E-state index in [4.69, 9.17) is 4.74 Å². The Labute approximate surface area is 141 Å². The van der Waals surface area contributed by atoms with E-state index < -0.39 is 6.10 Å². The average Bonchev–Trinajstić information content (AvgIpc) is 3.16. The van der Waals surface area contributed by atoms with Crippen LogP contribution in [0.25, 0.3) is 5.69 Å². The molecule has 2 aromatic rings. The molecule has 1 amide bonds. The van der Waals surface area contributed by atoms with Crippen LogP contribution in [0.4, 0.5) is 0 Å². The van der Waals surface area contributed by atoms with E-state index >= 15 is 0 Å². The number of rotatable bonds is 5. The van der Waals surface area contributed by atoms with Crippen LogP contribution in [0.1, 0.15) is 39.0 Å². The van der Waals surface area contributed by atoms with Crippen molar-refractivity contribution in [3.63, 3.8) is 0 Å². The van der Waals surface area contributed by atoms with Crippen molar-refractivity contribution in [3.8, 4) is 11.4 Å². The molecule has 128 valence electrons. The molecule has 0 spiro atoms. The first-order valence-corrected chi connectivity index (χ1v) is 8.42. The first-order valence-electron chi connectivity index (χ1n) is 8.42. The number of amides is 1. The van der Waals surface area contributed by atoms with Crippen LogP contribution in [0.5, 0.6) is 5.75 Å². The zero-order chi connectivity index (χ0) is 16.9. The number of hydrogen-bond donors (Lipinski definition) is 0. The Morgan fingerprint density at radius 2 is 1.96 bits per heavy atom. The molecular weight excluding hydrogens is 306 g/mol. The van der Waals surface area contributed by atoms with E-state index in [1.807, 2.05) is 36.2 Å². The smallest absolute Gasteiger partial charge is 0.263 e. The largest absolute Gasteiger partial charge is 0.481 e. The second-order valence-electron chi connectivity index (χ2n) is 6.25. The van der Waals surface area contributed by atoms with E-state index in [9.17, 15) is 4.79 Å². The van der Waals surface area contributed by atoms with Crippen molar-refractivity contribution in [2.45, 2.75) is 51.2 Å². The topological polar surface area (TPSA) is 73.1 Å². The number of likely N-dealkylation sites (N-methyl/N-ethyl adjacent to an activating group) is 1. The third-order valence-corrected chi connectivity index (χ3v) is 4.58. The van der Waals surface area contributed by atoms with E-state index in [1.54, 1.807) is 11.6 Å². The van der Waals surface area contributed by atoms with Gasteiger partial charge in [0, 0.05) is 13.1 Å². The lowest BCUT2D eigenvalue weighted by Gasteiger charge is -2.32. The molecular formula is C17H23N5O2. The van der Waals surface area contributed by atoms with Gasteiger partial charge in [-0.15, -0.1) is 5.10 Å². The minimum Gasteiger partial charge on any atom is -0.481 e. The molecule has 7 nitrogen and oxygen atoms in total. The van der Waals surface area contributed by atoms with E-state index in [-0.39, 0.29) is 5.91 Å². The van der Waals surface area contributed by atoms with Crippen LogP contribution in [0.15, 0.2) is 30.6 Å². The summed E-state index contributed by atoms with van der Waals surface area (Å²) in [5.74, 6) is 0.691. The van der Waals surface area contributed by atoms with E-state index in [0.717, 1.165) is 18.5 Å². The minimum absolute atomic E-state index is 0.0338. The summed E-state index contributed by atoms with van der Waals surface area (Å²) < 4.78 is 7.37. The monoisotopic (exact) mass is 329 g/mol. The van der Waals surface area contributed by atoms with Gasteiger partial charge in [-0.05, 0) is 54.5 Å². The predicted octanol–water partition coefficient (Wildman–Crippen LogP) is 2.22. The van der Waals surface area contributed by atoms with Crippen molar-refractivity contribution in [2.24, 2.45) is 0 Å². The molecule has 1 saturated carbocycles. The molecule has 1 heterocycles. The lowest BCUT2D eigenvalue weighted by molar-refractivity contribution is -0.139. The van der Waals surface area contributed by atoms with Crippen molar-refractivity contribution >= 4 is 5.91 Å². The molecule has 1 aromatic carbocycles. The molecule has 0 bridgehead atoms. The maximum atomic E-state index is 12.6. The lowest BCUT2D eigenvalue weighted by Crippen LogP contribution is -2.44. The number of benzene rings is 1. The Hall–Kier alpha value is -2.44. The number of nitrogens with zero attached hydrogens (tertiary/aromatic N) is 5. The predicted molar refractivity (Wildman–Crippen MR) is 88.9 cm³/mol. The molecule has 0 N–H and O–H groups in total. The maximum absolute atomic E-state index is 12.6. The van der Waals surface area contributed by atoms with Gasteiger partial charge in [-0.1, -0.05) is 19.3 Å². The molecule has 0 saturated heterocycles. The second kappa shape index (κ2) is 7.42. The SMILES string of the molecule is C[C@@H](Oc1ccc(-n2cnnn2)cc1)C(=O)N(C)C1CCCCC1. The zero-order valence-corrected chi connectivity index (χ0v) is 14.1.